The molecule has 0 fully saturated rings. The minimum Gasteiger partial charge on any atom is -0.279 e. The smallest absolute Gasteiger partial charge is 0.260 e. The molecule has 0 unspecified atom stereocenters. The average Bonchev–Trinajstić information content (AvgIpc) is 3.25. The molecule has 0 aliphatic heterocycles. The van der Waals surface area contributed by atoms with E-state index in [4.69, 9.17) is 4.98 Å². The van der Waals surface area contributed by atoms with Gasteiger partial charge in [-0.1, -0.05) is 54.7 Å². The minimum atomic E-state index is -3.42. The Morgan fingerprint density at radius 1 is 1.03 bits per heavy atom. The molecular weight excluding hydrogens is 460 g/mol. The molecule has 1 aromatic heterocycles. The van der Waals surface area contributed by atoms with Gasteiger partial charge in [0, 0.05) is 10.5 Å². The third kappa shape index (κ3) is 4.72. The van der Waals surface area contributed by atoms with Gasteiger partial charge >= 0.3 is 0 Å². The lowest BCUT2D eigenvalue weighted by atomic mass is 10.1. The molecule has 0 aliphatic carbocycles. The molecule has 1 heterocycles. The van der Waals surface area contributed by atoms with E-state index in [0.29, 0.717) is 17.2 Å². The van der Waals surface area contributed by atoms with E-state index >= 15 is 0 Å². The molecule has 4 rings (SSSR count). The number of fused-ring (bicyclic) bond motifs is 1. The van der Waals surface area contributed by atoms with Crippen LogP contribution in [0.5, 0.6) is 0 Å². The SMILES string of the molecule is CCS(=O)(=O)c1cccc(C(=O)N(Cc2ccccc2)c2nc3ccc(SC)cc3s2)c1. The van der Waals surface area contributed by atoms with Crippen molar-refractivity contribution in [3.63, 3.8) is 0 Å². The molecule has 8 heteroatoms. The average molecular weight is 483 g/mol. The van der Waals surface area contributed by atoms with Gasteiger partial charge in [0.15, 0.2) is 15.0 Å². The monoisotopic (exact) mass is 482 g/mol. The highest BCUT2D eigenvalue weighted by atomic mass is 32.2. The molecule has 32 heavy (non-hydrogen) atoms. The van der Waals surface area contributed by atoms with E-state index in [1.54, 1.807) is 35.7 Å². The van der Waals surface area contributed by atoms with Crippen LogP contribution in [-0.2, 0) is 16.4 Å². The first-order valence-corrected chi connectivity index (χ1v) is 13.7. The van der Waals surface area contributed by atoms with Gasteiger partial charge in [0.2, 0.25) is 0 Å². The molecule has 0 atom stereocenters. The fourth-order valence-electron chi connectivity index (χ4n) is 3.27. The normalized spacial score (nSPS) is 11.6. The van der Waals surface area contributed by atoms with Crippen molar-refractivity contribution in [2.75, 3.05) is 16.9 Å². The summed E-state index contributed by atoms with van der Waals surface area (Å²) in [5.74, 6) is -0.306. The number of nitrogens with zero attached hydrogens (tertiary/aromatic N) is 2. The number of carbonyl (C=O) groups is 1. The quantitative estimate of drug-likeness (QED) is 0.318. The van der Waals surface area contributed by atoms with Crippen molar-refractivity contribution in [2.45, 2.75) is 23.3 Å². The van der Waals surface area contributed by atoms with Gasteiger partial charge in [-0.25, -0.2) is 13.4 Å². The van der Waals surface area contributed by atoms with Gasteiger partial charge in [0.1, 0.15) is 0 Å². The number of benzene rings is 3. The number of thioether (sulfide) groups is 1. The molecule has 0 bridgehead atoms. The van der Waals surface area contributed by atoms with Crippen molar-refractivity contribution in [1.29, 1.82) is 0 Å². The van der Waals surface area contributed by atoms with Crippen molar-refractivity contribution >= 4 is 54.2 Å². The molecule has 0 radical (unpaired) electrons. The molecule has 0 spiro atoms. The molecule has 0 aliphatic rings. The summed E-state index contributed by atoms with van der Waals surface area (Å²) < 4.78 is 25.7. The maximum Gasteiger partial charge on any atom is 0.260 e. The highest BCUT2D eigenvalue weighted by Gasteiger charge is 2.23. The first-order chi connectivity index (χ1) is 15.4. The molecule has 164 valence electrons. The Morgan fingerprint density at radius 3 is 2.53 bits per heavy atom. The number of hydrogen-bond donors (Lipinski definition) is 0. The van der Waals surface area contributed by atoms with E-state index in [2.05, 4.69) is 6.07 Å². The maximum atomic E-state index is 13.6. The zero-order chi connectivity index (χ0) is 22.7. The molecule has 0 N–H and O–H groups in total. The summed E-state index contributed by atoms with van der Waals surface area (Å²) in [4.78, 5) is 21.2. The predicted octanol–water partition coefficient (Wildman–Crippen LogP) is 5.66. The number of rotatable bonds is 7. The third-order valence-electron chi connectivity index (χ3n) is 5.06. The molecule has 3 aromatic carbocycles. The fraction of sp³-hybridized carbons (Fsp3) is 0.167. The molecule has 4 aromatic rings. The molecule has 1 amide bonds. The highest BCUT2D eigenvalue weighted by molar-refractivity contribution is 7.98. The topological polar surface area (TPSA) is 67.3 Å². The third-order valence-corrected chi connectivity index (χ3v) is 8.56. The molecule has 0 saturated heterocycles. The molecule has 5 nitrogen and oxygen atoms in total. The Balaban J connectivity index is 1.78. The number of sulfone groups is 1. The van der Waals surface area contributed by atoms with Crippen molar-refractivity contribution in [3.8, 4) is 0 Å². The summed E-state index contributed by atoms with van der Waals surface area (Å²) in [6.07, 6.45) is 2.02. The second-order valence-corrected chi connectivity index (χ2v) is 11.3. The largest absolute Gasteiger partial charge is 0.279 e. The van der Waals surface area contributed by atoms with Crippen molar-refractivity contribution < 1.29 is 13.2 Å². The number of carbonyl (C=O) groups excluding carboxylic acids is 1. The Bertz CT molecular complexity index is 1370. The van der Waals surface area contributed by atoms with Crippen LogP contribution in [0.15, 0.2) is 82.6 Å². The second kappa shape index (κ2) is 9.44. The van der Waals surface area contributed by atoms with Crippen LogP contribution in [0.3, 0.4) is 0 Å². The Morgan fingerprint density at radius 2 is 1.81 bits per heavy atom. The van der Waals surface area contributed by atoms with Gasteiger partial charge in [-0.15, -0.1) is 11.8 Å². The zero-order valence-electron chi connectivity index (χ0n) is 17.7. The van der Waals surface area contributed by atoms with Crippen molar-refractivity contribution in [2.24, 2.45) is 0 Å². The maximum absolute atomic E-state index is 13.6. The summed E-state index contributed by atoms with van der Waals surface area (Å²) in [5.41, 5.74) is 2.11. The van der Waals surface area contributed by atoms with Crippen molar-refractivity contribution in [3.05, 3.63) is 83.9 Å². The lowest BCUT2D eigenvalue weighted by molar-refractivity contribution is 0.0985. The summed E-state index contributed by atoms with van der Waals surface area (Å²) >= 11 is 3.11. The van der Waals surface area contributed by atoms with Gasteiger partial charge in [0.05, 0.1) is 27.4 Å². The van der Waals surface area contributed by atoms with Crippen LogP contribution in [-0.4, -0.2) is 31.3 Å². The predicted molar refractivity (Wildman–Crippen MR) is 133 cm³/mol. The van der Waals surface area contributed by atoms with Crippen LogP contribution in [0.25, 0.3) is 10.2 Å². The Labute approximate surface area is 196 Å². The summed E-state index contributed by atoms with van der Waals surface area (Å²) in [6, 6.07) is 22.0. The van der Waals surface area contributed by atoms with E-state index in [0.717, 1.165) is 20.7 Å². The standard InChI is InChI=1S/C24H22N2O3S3/c1-3-32(28,29)20-11-7-10-18(14-20)23(27)26(16-17-8-5-4-6-9-17)24-25-21-13-12-19(30-2)15-22(21)31-24/h4-15H,3,16H2,1-2H3. The van der Waals surface area contributed by atoms with Gasteiger partial charge in [-0.3, -0.25) is 9.69 Å². The van der Waals surface area contributed by atoms with Gasteiger partial charge < -0.3 is 0 Å². The van der Waals surface area contributed by atoms with Crippen molar-refractivity contribution in [1.82, 2.24) is 4.98 Å². The van der Waals surface area contributed by atoms with E-state index in [9.17, 15) is 13.2 Å². The van der Waals surface area contributed by atoms with Gasteiger partial charge in [0.25, 0.3) is 5.91 Å². The Kier molecular flexibility index (Phi) is 6.64. The summed E-state index contributed by atoms with van der Waals surface area (Å²) in [5, 5.41) is 0.579. The van der Waals surface area contributed by atoms with Gasteiger partial charge in [-0.05, 0) is 48.2 Å². The van der Waals surface area contributed by atoms with Crippen LogP contribution in [0.1, 0.15) is 22.8 Å². The number of aromatic nitrogens is 1. The van der Waals surface area contributed by atoms with Crippen LogP contribution >= 0.6 is 23.1 Å². The highest BCUT2D eigenvalue weighted by Crippen LogP contribution is 2.33. The van der Waals surface area contributed by atoms with Crippen LogP contribution < -0.4 is 4.90 Å². The Hall–Kier alpha value is -2.68. The lowest BCUT2D eigenvalue weighted by Gasteiger charge is -2.20. The van der Waals surface area contributed by atoms with Crippen LogP contribution in [0.4, 0.5) is 5.13 Å². The fourth-order valence-corrected chi connectivity index (χ4v) is 5.72. The van der Waals surface area contributed by atoms with Gasteiger partial charge in [-0.2, -0.15) is 0 Å². The zero-order valence-corrected chi connectivity index (χ0v) is 20.1. The molecule has 0 saturated carbocycles. The van der Waals surface area contributed by atoms with Crippen LogP contribution in [0, 0.1) is 0 Å². The van der Waals surface area contributed by atoms with Crippen LogP contribution in [0.2, 0.25) is 0 Å². The first-order valence-electron chi connectivity index (χ1n) is 10.0. The summed E-state index contributed by atoms with van der Waals surface area (Å²) in [6.45, 7) is 1.93. The molecular formula is C24H22N2O3S3. The number of hydrogen-bond acceptors (Lipinski definition) is 6. The summed E-state index contributed by atoms with van der Waals surface area (Å²) in [7, 11) is -3.42. The number of amides is 1. The van der Waals surface area contributed by atoms with E-state index in [1.165, 1.54) is 23.5 Å². The second-order valence-electron chi connectivity index (χ2n) is 7.14. The minimum absolute atomic E-state index is 0.0198. The number of anilines is 1. The lowest BCUT2D eigenvalue weighted by Crippen LogP contribution is -2.30. The van der Waals surface area contributed by atoms with E-state index in [1.807, 2.05) is 48.7 Å². The first kappa shape index (κ1) is 22.5. The van der Waals surface area contributed by atoms with E-state index in [-0.39, 0.29) is 16.6 Å². The van der Waals surface area contributed by atoms with E-state index < -0.39 is 9.84 Å². The number of thiazole rings is 1.